The summed E-state index contributed by atoms with van der Waals surface area (Å²) in [4.78, 5) is 30.9. The molecule has 0 aliphatic carbocycles. The van der Waals surface area contributed by atoms with Gasteiger partial charge in [-0.3, -0.25) is 14.2 Å². The number of thioether (sulfide) groups is 1. The highest BCUT2D eigenvalue weighted by Crippen LogP contribution is 2.24. The van der Waals surface area contributed by atoms with Crippen LogP contribution in [0.25, 0.3) is 5.69 Å². The summed E-state index contributed by atoms with van der Waals surface area (Å²) in [6.07, 6.45) is 3.63. The Morgan fingerprint density at radius 3 is 2.45 bits per heavy atom. The Labute approximate surface area is 187 Å². The van der Waals surface area contributed by atoms with Crippen LogP contribution in [0.4, 0.5) is 5.69 Å². The van der Waals surface area contributed by atoms with Crippen molar-refractivity contribution >= 4 is 29.3 Å². The number of hydrogen-bond donors (Lipinski definition) is 1. The molecule has 0 saturated carbocycles. The number of hydrogen-bond acceptors (Lipinski definition) is 4. The fourth-order valence-electron chi connectivity index (χ4n) is 3.19. The SMILES string of the molecule is Cc1cccc(NC(=O)CN(C)C(=O)CSc2nccn2-c2cccc(C)c2C)c1C. The molecule has 162 valence electrons. The van der Waals surface area contributed by atoms with Crippen molar-refractivity contribution in [2.45, 2.75) is 32.9 Å². The monoisotopic (exact) mass is 436 g/mol. The molecule has 3 rings (SSSR count). The molecule has 1 N–H and O–H groups in total. The predicted octanol–water partition coefficient (Wildman–Crippen LogP) is 4.30. The summed E-state index contributed by atoms with van der Waals surface area (Å²) < 4.78 is 1.99. The van der Waals surface area contributed by atoms with Gasteiger partial charge in [-0.15, -0.1) is 0 Å². The van der Waals surface area contributed by atoms with E-state index in [1.807, 2.05) is 54.9 Å². The summed E-state index contributed by atoms with van der Waals surface area (Å²) in [5.41, 5.74) is 6.34. The standard InChI is InChI=1S/C24H28N4O2S/c1-16-8-6-10-20(18(16)3)26-22(29)14-27(5)23(30)15-31-24-25-12-13-28(24)21-11-7-9-17(2)19(21)4/h6-13H,14-15H2,1-5H3,(H,26,29). The van der Waals surface area contributed by atoms with E-state index in [9.17, 15) is 9.59 Å². The fourth-order valence-corrected chi connectivity index (χ4v) is 4.10. The number of likely N-dealkylation sites (N-methyl/N-ethyl adjacent to an activating group) is 1. The second kappa shape index (κ2) is 9.83. The van der Waals surface area contributed by atoms with Crippen molar-refractivity contribution in [2.75, 3.05) is 24.7 Å². The molecular weight excluding hydrogens is 408 g/mol. The zero-order valence-electron chi connectivity index (χ0n) is 18.6. The fraction of sp³-hybridized carbons (Fsp3) is 0.292. The van der Waals surface area contributed by atoms with Crippen molar-refractivity contribution in [2.24, 2.45) is 0 Å². The van der Waals surface area contributed by atoms with E-state index < -0.39 is 0 Å². The molecule has 0 aliphatic rings. The van der Waals surface area contributed by atoms with Gasteiger partial charge in [0.2, 0.25) is 11.8 Å². The van der Waals surface area contributed by atoms with Gasteiger partial charge in [0, 0.05) is 25.1 Å². The smallest absolute Gasteiger partial charge is 0.243 e. The molecule has 7 heteroatoms. The first-order chi connectivity index (χ1) is 14.8. The summed E-state index contributed by atoms with van der Waals surface area (Å²) in [5, 5.41) is 3.64. The van der Waals surface area contributed by atoms with E-state index in [-0.39, 0.29) is 24.1 Å². The Bertz CT molecular complexity index is 1110. The molecule has 0 aliphatic heterocycles. The number of anilines is 1. The first-order valence-corrected chi connectivity index (χ1v) is 11.1. The van der Waals surface area contributed by atoms with Crippen LogP contribution in [-0.2, 0) is 9.59 Å². The van der Waals surface area contributed by atoms with Gasteiger partial charge < -0.3 is 10.2 Å². The van der Waals surface area contributed by atoms with Crippen LogP contribution in [0.2, 0.25) is 0 Å². The molecule has 0 spiro atoms. The van der Waals surface area contributed by atoms with Gasteiger partial charge in [0.25, 0.3) is 0 Å². The van der Waals surface area contributed by atoms with Gasteiger partial charge in [0.1, 0.15) is 0 Å². The molecule has 2 aromatic carbocycles. The highest BCUT2D eigenvalue weighted by atomic mass is 32.2. The van der Waals surface area contributed by atoms with Gasteiger partial charge in [-0.1, -0.05) is 36.0 Å². The van der Waals surface area contributed by atoms with Crippen LogP contribution < -0.4 is 5.32 Å². The Hall–Kier alpha value is -3.06. The molecule has 0 bridgehead atoms. The van der Waals surface area contributed by atoms with Crippen LogP contribution in [-0.4, -0.2) is 45.6 Å². The second-order valence-corrected chi connectivity index (χ2v) is 8.58. The molecule has 0 fully saturated rings. The number of nitrogens with zero attached hydrogens (tertiary/aromatic N) is 3. The number of aromatic nitrogens is 2. The normalized spacial score (nSPS) is 10.7. The molecule has 3 aromatic rings. The molecular formula is C24H28N4O2S. The summed E-state index contributed by atoms with van der Waals surface area (Å²) >= 11 is 1.36. The minimum absolute atomic E-state index is 0.00178. The zero-order valence-corrected chi connectivity index (χ0v) is 19.4. The molecule has 31 heavy (non-hydrogen) atoms. The predicted molar refractivity (Wildman–Crippen MR) is 126 cm³/mol. The van der Waals surface area contributed by atoms with Crippen molar-refractivity contribution in [3.8, 4) is 5.69 Å². The average Bonchev–Trinajstić information content (AvgIpc) is 3.20. The quantitative estimate of drug-likeness (QED) is 0.561. The van der Waals surface area contributed by atoms with E-state index in [4.69, 9.17) is 0 Å². The maximum Gasteiger partial charge on any atom is 0.243 e. The number of carbonyl (C=O) groups excluding carboxylic acids is 2. The molecule has 6 nitrogen and oxygen atoms in total. The van der Waals surface area contributed by atoms with Gasteiger partial charge in [0.15, 0.2) is 5.16 Å². The van der Waals surface area contributed by atoms with Crippen LogP contribution in [0.3, 0.4) is 0 Å². The number of imidazole rings is 1. The van der Waals surface area contributed by atoms with Crippen LogP contribution in [0, 0.1) is 27.7 Å². The molecule has 1 heterocycles. The molecule has 0 atom stereocenters. The minimum atomic E-state index is -0.216. The first-order valence-electron chi connectivity index (χ1n) is 10.1. The molecule has 1 aromatic heterocycles. The lowest BCUT2D eigenvalue weighted by Crippen LogP contribution is -2.36. The lowest BCUT2D eigenvalue weighted by molar-refractivity contribution is -0.131. The number of carbonyl (C=O) groups is 2. The average molecular weight is 437 g/mol. The third-order valence-corrected chi connectivity index (χ3v) is 6.40. The third kappa shape index (κ3) is 5.35. The number of aryl methyl sites for hydroxylation is 2. The van der Waals surface area contributed by atoms with E-state index in [2.05, 4.69) is 30.2 Å². The van der Waals surface area contributed by atoms with Crippen molar-refractivity contribution in [3.05, 3.63) is 71.0 Å². The van der Waals surface area contributed by atoms with Crippen molar-refractivity contribution in [1.82, 2.24) is 14.5 Å². The third-order valence-electron chi connectivity index (χ3n) is 5.45. The second-order valence-electron chi connectivity index (χ2n) is 7.63. The van der Waals surface area contributed by atoms with Crippen molar-refractivity contribution in [3.63, 3.8) is 0 Å². The number of nitrogens with one attached hydrogen (secondary N) is 1. The van der Waals surface area contributed by atoms with E-state index in [1.165, 1.54) is 27.8 Å². The summed E-state index contributed by atoms with van der Waals surface area (Å²) in [6.45, 7) is 8.11. The van der Waals surface area contributed by atoms with Gasteiger partial charge in [-0.05, 0) is 62.1 Å². The van der Waals surface area contributed by atoms with Gasteiger partial charge in [0.05, 0.1) is 18.0 Å². The van der Waals surface area contributed by atoms with Crippen LogP contribution in [0.15, 0.2) is 53.9 Å². The summed E-state index contributed by atoms with van der Waals surface area (Å²) in [7, 11) is 1.64. The number of rotatable bonds is 7. The Morgan fingerprint density at radius 1 is 1.03 bits per heavy atom. The Kier molecular flexibility index (Phi) is 7.17. The minimum Gasteiger partial charge on any atom is -0.336 e. The van der Waals surface area contributed by atoms with E-state index in [0.717, 1.165) is 27.7 Å². The molecule has 2 amide bonds. The van der Waals surface area contributed by atoms with E-state index in [1.54, 1.807) is 13.2 Å². The first kappa shape index (κ1) is 22.6. The Morgan fingerprint density at radius 2 is 1.71 bits per heavy atom. The van der Waals surface area contributed by atoms with E-state index >= 15 is 0 Å². The van der Waals surface area contributed by atoms with Gasteiger partial charge in [-0.2, -0.15) is 0 Å². The zero-order chi connectivity index (χ0) is 22.5. The number of amides is 2. The van der Waals surface area contributed by atoms with Crippen LogP contribution in [0.5, 0.6) is 0 Å². The van der Waals surface area contributed by atoms with Crippen molar-refractivity contribution < 1.29 is 9.59 Å². The highest BCUT2D eigenvalue weighted by Gasteiger charge is 2.16. The maximum atomic E-state index is 12.6. The number of benzene rings is 2. The molecule has 0 unspecified atom stereocenters. The topological polar surface area (TPSA) is 67.2 Å². The van der Waals surface area contributed by atoms with Gasteiger partial charge in [-0.25, -0.2) is 4.98 Å². The van der Waals surface area contributed by atoms with Crippen LogP contribution >= 0.6 is 11.8 Å². The summed E-state index contributed by atoms with van der Waals surface area (Å²) in [5.74, 6) is -0.141. The van der Waals surface area contributed by atoms with Gasteiger partial charge >= 0.3 is 0 Å². The van der Waals surface area contributed by atoms with Crippen LogP contribution in [0.1, 0.15) is 22.3 Å². The highest BCUT2D eigenvalue weighted by molar-refractivity contribution is 7.99. The maximum absolute atomic E-state index is 12.6. The lowest BCUT2D eigenvalue weighted by Gasteiger charge is -2.18. The van der Waals surface area contributed by atoms with E-state index in [0.29, 0.717) is 0 Å². The molecule has 0 radical (unpaired) electrons. The summed E-state index contributed by atoms with van der Waals surface area (Å²) in [6, 6.07) is 11.9. The molecule has 0 saturated heterocycles. The van der Waals surface area contributed by atoms with Crippen molar-refractivity contribution in [1.29, 1.82) is 0 Å². The lowest BCUT2D eigenvalue weighted by atomic mass is 10.1. The largest absolute Gasteiger partial charge is 0.336 e. The Balaban J connectivity index is 1.59.